The first-order valence-corrected chi connectivity index (χ1v) is 13.8. The molecule has 6 rings (SSSR count). The number of carbonyl (C=O) groups is 4. The lowest BCUT2D eigenvalue weighted by Gasteiger charge is -2.55. The summed E-state index contributed by atoms with van der Waals surface area (Å²) in [6, 6.07) is 1.12. The monoisotopic (exact) mass is 593 g/mol. The second-order valence-corrected chi connectivity index (χ2v) is 10.8. The van der Waals surface area contributed by atoms with Crippen LogP contribution in [0.2, 0.25) is 0 Å². The molecule has 228 valence electrons. The van der Waals surface area contributed by atoms with Crippen molar-refractivity contribution in [2.75, 3.05) is 42.7 Å². The van der Waals surface area contributed by atoms with E-state index in [2.05, 4.69) is 5.32 Å². The first kappa shape index (κ1) is 29.9. The standard InChI is InChI=1S/C32H35NO10/c1-16(34)33-19-11-10-17-14-21(39-3)27(40-4)28(41-5)22(17)23-18-15-20(38-2)26(35)25(24(19)23)32(30(37)43-7)13-9-8-12-31(18,32)29(36)42-6/h8-9,12-15,18-19,25H,10-11H2,1-7H3,(H,33,34)/t18-,19-,25-,31?,32?/m0/s1. The molecule has 0 saturated heterocycles. The molecule has 0 fully saturated rings. The molecule has 11 nitrogen and oxygen atoms in total. The summed E-state index contributed by atoms with van der Waals surface area (Å²) < 4.78 is 33.8. The minimum Gasteiger partial charge on any atom is -0.493 e. The molecule has 0 saturated carbocycles. The van der Waals surface area contributed by atoms with Gasteiger partial charge in [-0.3, -0.25) is 19.2 Å². The quantitative estimate of drug-likeness (QED) is 0.470. The van der Waals surface area contributed by atoms with Gasteiger partial charge in [0.1, 0.15) is 10.8 Å². The van der Waals surface area contributed by atoms with Crippen molar-refractivity contribution in [1.29, 1.82) is 0 Å². The van der Waals surface area contributed by atoms with Crippen molar-refractivity contribution in [3.8, 4) is 17.2 Å². The molecule has 1 aromatic carbocycles. The molecule has 0 spiro atoms. The van der Waals surface area contributed by atoms with Crippen LogP contribution in [0.1, 0.15) is 24.5 Å². The highest BCUT2D eigenvalue weighted by Crippen LogP contribution is 2.69. The molecule has 0 radical (unpaired) electrons. The highest BCUT2D eigenvalue weighted by Gasteiger charge is 2.74. The zero-order chi connectivity index (χ0) is 31.3. The summed E-state index contributed by atoms with van der Waals surface area (Å²) in [4.78, 5) is 55.7. The van der Waals surface area contributed by atoms with Gasteiger partial charge in [0.2, 0.25) is 17.4 Å². The number of Topliss-reactive ketones (excluding diaryl/α,β-unsaturated/α-hetero) is 1. The molecule has 1 aromatic rings. The van der Waals surface area contributed by atoms with Crippen LogP contribution in [-0.2, 0) is 39.8 Å². The molecule has 5 atom stereocenters. The largest absolute Gasteiger partial charge is 0.493 e. The molecule has 5 aliphatic rings. The lowest BCUT2D eigenvalue weighted by Crippen LogP contribution is -2.64. The van der Waals surface area contributed by atoms with Crippen molar-refractivity contribution in [3.05, 3.63) is 58.9 Å². The first-order valence-electron chi connectivity index (χ1n) is 13.8. The van der Waals surface area contributed by atoms with Crippen LogP contribution in [0.25, 0.3) is 5.57 Å². The molecule has 5 aliphatic carbocycles. The van der Waals surface area contributed by atoms with E-state index in [-0.39, 0.29) is 11.7 Å². The lowest BCUT2D eigenvalue weighted by molar-refractivity contribution is -0.176. The van der Waals surface area contributed by atoms with Crippen molar-refractivity contribution in [3.63, 3.8) is 0 Å². The van der Waals surface area contributed by atoms with Crippen molar-refractivity contribution >= 4 is 29.2 Å². The van der Waals surface area contributed by atoms with Crippen LogP contribution >= 0.6 is 0 Å². The number of fused-ring (bicyclic) bond motifs is 2. The number of ketones is 1. The Morgan fingerprint density at radius 3 is 2.05 bits per heavy atom. The van der Waals surface area contributed by atoms with Crippen LogP contribution in [-0.4, -0.2) is 72.3 Å². The van der Waals surface area contributed by atoms with E-state index in [9.17, 15) is 19.2 Å². The summed E-state index contributed by atoms with van der Waals surface area (Å²) in [7, 11) is 8.29. The van der Waals surface area contributed by atoms with E-state index in [1.54, 1.807) is 30.4 Å². The van der Waals surface area contributed by atoms with Crippen LogP contribution in [0.15, 0.2) is 47.8 Å². The van der Waals surface area contributed by atoms with E-state index < -0.39 is 46.4 Å². The smallest absolute Gasteiger partial charge is 0.318 e. The molecule has 1 N–H and O–H groups in total. The van der Waals surface area contributed by atoms with Gasteiger partial charge in [-0.25, -0.2) is 0 Å². The predicted molar refractivity (Wildman–Crippen MR) is 153 cm³/mol. The lowest BCUT2D eigenvalue weighted by atomic mass is 9.44. The molecule has 1 amide bonds. The second-order valence-electron chi connectivity index (χ2n) is 10.8. The van der Waals surface area contributed by atoms with Crippen molar-refractivity contribution in [2.45, 2.75) is 25.8 Å². The third-order valence-electron chi connectivity index (χ3n) is 9.12. The van der Waals surface area contributed by atoms with Crippen molar-refractivity contribution < 1.29 is 47.6 Å². The Balaban J connectivity index is 2.06. The SMILES string of the molecule is COC(=O)C12C=CC=CC1(C(=O)OC)[C@H]1C=C(OC)C(=O)[C@@H]2C2=C1c1c(cc(OC)c(OC)c1OC)CC[C@@H]2NC(C)=O. The number of esters is 2. The number of allylic oxidation sites excluding steroid dienone is 5. The van der Waals surface area contributed by atoms with Gasteiger partial charge in [-0.15, -0.1) is 0 Å². The molecule has 43 heavy (non-hydrogen) atoms. The number of benzene rings is 1. The van der Waals surface area contributed by atoms with E-state index in [4.69, 9.17) is 28.4 Å². The topological polar surface area (TPSA) is 136 Å². The van der Waals surface area contributed by atoms with Gasteiger partial charge in [0.05, 0.1) is 54.6 Å². The Bertz CT molecular complexity index is 1530. The maximum atomic E-state index is 14.6. The molecular weight excluding hydrogens is 558 g/mol. The molecule has 2 bridgehead atoms. The van der Waals surface area contributed by atoms with Gasteiger partial charge < -0.3 is 33.7 Å². The van der Waals surface area contributed by atoms with Gasteiger partial charge >= 0.3 is 11.9 Å². The highest BCUT2D eigenvalue weighted by molar-refractivity contribution is 6.11. The highest BCUT2D eigenvalue weighted by atomic mass is 16.5. The molecule has 0 aliphatic heterocycles. The normalized spacial score (nSPS) is 28.3. The van der Waals surface area contributed by atoms with Crippen LogP contribution in [0, 0.1) is 22.7 Å². The fourth-order valence-corrected chi connectivity index (χ4v) is 7.60. The van der Waals surface area contributed by atoms with E-state index in [1.165, 1.54) is 49.6 Å². The summed E-state index contributed by atoms with van der Waals surface area (Å²) in [5, 5.41) is 3.02. The molecule has 11 heteroatoms. The summed E-state index contributed by atoms with van der Waals surface area (Å²) >= 11 is 0. The Labute approximate surface area is 249 Å². The van der Waals surface area contributed by atoms with Crippen LogP contribution in [0.3, 0.4) is 0 Å². The zero-order valence-electron chi connectivity index (χ0n) is 25.2. The molecule has 0 aromatic heterocycles. The van der Waals surface area contributed by atoms with Gasteiger partial charge in [0.25, 0.3) is 0 Å². The predicted octanol–water partition coefficient (Wildman–Crippen LogP) is 2.72. The number of aryl methyl sites for hydroxylation is 1. The number of carbonyl (C=O) groups excluding carboxylic acids is 4. The van der Waals surface area contributed by atoms with Crippen LogP contribution < -0.4 is 19.5 Å². The number of hydrogen-bond acceptors (Lipinski definition) is 10. The van der Waals surface area contributed by atoms with Gasteiger partial charge in [-0.2, -0.15) is 0 Å². The fourth-order valence-electron chi connectivity index (χ4n) is 7.60. The Morgan fingerprint density at radius 2 is 1.49 bits per heavy atom. The van der Waals surface area contributed by atoms with Crippen molar-refractivity contribution in [2.24, 2.45) is 22.7 Å². The third-order valence-corrected chi connectivity index (χ3v) is 9.12. The minimum absolute atomic E-state index is 0.0339. The average molecular weight is 594 g/mol. The molecular formula is C32H35NO10. The van der Waals surface area contributed by atoms with E-state index in [0.717, 1.165) is 5.56 Å². The maximum Gasteiger partial charge on any atom is 0.318 e. The summed E-state index contributed by atoms with van der Waals surface area (Å²) in [6.45, 7) is 1.39. The van der Waals surface area contributed by atoms with E-state index >= 15 is 0 Å². The number of ether oxygens (including phenoxy) is 6. The Hall–Kier alpha value is -4.54. The number of amides is 1. The average Bonchev–Trinajstić information content (AvgIpc) is 3.29. The van der Waals surface area contributed by atoms with Gasteiger partial charge in [-0.05, 0) is 41.7 Å². The first-order chi connectivity index (χ1) is 20.6. The maximum absolute atomic E-state index is 14.6. The molecule has 0 heterocycles. The number of rotatable bonds is 7. The number of nitrogens with one attached hydrogen (secondary N) is 1. The summed E-state index contributed by atoms with van der Waals surface area (Å²) in [5.74, 6) is -3.75. The van der Waals surface area contributed by atoms with Gasteiger partial charge in [0, 0.05) is 18.4 Å². The zero-order valence-corrected chi connectivity index (χ0v) is 25.2. The Morgan fingerprint density at radius 1 is 0.860 bits per heavy atom. The van der Waals surface area contributed by atoms with Crippen LogP contribution in [0.4, 0.5) is 0 Å². The van der Waals surface area contributed by atoms with Gasteiger partial charge in [0.15, 0.2) is 17.3 Å². The summed E-state index contributed by atoms with van der Waals surface area (Å²) in [5.41, 5.74) is -1.33. The van der Waals surface area contributed by atoms with Crippen LogP contribution in [0.5, 0.6) is 17.2 Å². The fraction of sp³-hybridized carbons (Fsp3) is 0.438. The number of methoxy groups -OCH3 is 6. The van der Waals surface area contributed by atoms with Gasteiger partial charge in [-0.1, -0.05) is 24.3 Å². The third kappa shape index (κ3) is 3.86. The van der Waals surface area contributed by atoms with E-state index in [1.807, 2.05) is 6.07 Å². The molecule has 2 unspecified atom stereocenters. The minimum atomic E-state index is -1.88. The second kappa shape index (κ2) is 10.9. The van der Waals surface area contributed by atoms with Crippen molar-refractivity contribution in [1.82, 2.24) is 5.32 Å². The number of hydrogen-bond donors (Lipinski definition) is 1. The van der Waals surface area contributed by atoms with E-state index in [0.29, 0.717) is 46.8 Å². The Kier molecular flexibility index (Phi) is 7.62. The summed E-state index contributed by atoms with van der Waals surface area (Å²) in [6.07, 6.45) is 8.78.